The Kier molecular flexibility index (Phi) is 15.6. The summed E-state index contributed by atoms with van der Waals surface area (Å²) in [5.41, 5.74) is 7.56. The first-order valence-corrected chi connectivity index (χ1v) is 18.1. The van der Waals surface area contributed by atoms with Crippen molar-refractivity contribution in [3.63, 3.8) is 0 Å². The Labute approximate surface area is 271 Å². The zero-order chi connectivity index (χ0) is 32.9. The highest BCUT2D eigenvalue weighted by Crippen LogP contribution is 2.44. The molecule has 0 amide bonds. The number of nitrogens with zero attached hydrogens (tertiary/aromatic N) is 2. The summed E-state index contributed by atoms with van der Waals surface area (Å²) in [4.78, 5) is 20.0. The SMILES string of the molecule is CC.CCC(C)(C)C.CCCc1cc(C2ON=C(c3ccc(CN4CCC(CC)(C(=O)O)CC4)cc3)P2)ccc1CC(C)C. The van der Waals surface area contributed by atoms with Gasteiger partial charge in [0.2, 0.25) is 0 Å². The van der Waals surface area contributed by atoms with Crippen LogP contribution in [-0.4, -0.2) is 34.5 Å². The second-order valence-electron chi connectivity index (χ2n) is 13.8. The first kappa shape index (κ1) is 38.0. The van der Waals surface area contributed by atoms with E-state index in [1.165, 1.54) is 28.7 Å². The average molecular weight is 625 g/mol. The highest BCUT2D eigenvalue weighted by molar-refractivity contribution is 7.59. The molecule has 0 bridgehead atoms. The number of rotatable bonds is 10. The molecular weight excluding hydrogens is 563 g/mol. The molecular formula is C38H61N2O3P. The fourth-order valence-electron chi connectivity index (χ4n) is 5.40. The van der Waals surface area contributed by atoms with Gasteiger partial charge in [0.15, 0.2) is 5.85 Å². The molecule has 2 aromatic carbocycles. The van der Waals surface area contributed by atoms with Crippen molar-refractivity contribution in [2.45, 2.75) is 127 Å². The van der Waals surface area contributed by atoms with Crippen LogP contribution in [0.3, 0.4) is 0 Å². The number of hydrogen-bond acceptors (Lipinski definition) is 4. The Hall–Kier alpha value is -2.23. The molecule has 246 valence electrons. The van der Waals surface area contributed by atoms with Crippen molar-refractivity contribution in [3.8, 4) is 0 Å². The molecule has 0 aromatic heterocycles. The van der Waals surface area contributed by atoms with Crippen molar-refractivity contribution >= 4 is 20.0 Å². The molecule has 0 aliphatic carbocycles. The Morgan fingerprint density at radius 3 is 2.16 bits per heavy atom. The monoisotopic (exact) mass is 624 g/mol. The van der Waals surface area contributed by atoms with Crippen LogP contribution in [0.4, 0.5) is 0 Å². The normalized spacial score (nSPS) is 18.5. The third-order valence-corrected chi connectivity index (χ3v) is 10.2. The van der Waals surface area contributed by atoms with Crippen LogP contribution in [0.25, 0.3) is 0 Å². The molecule has 1 N–H and O–H groups in total. The lowest BCUT2D eigenvalue weighted by Gasteiger charge is -2.38. The summed E-state index contributed by atoms with van der Waals surface area (Å²) in [5.74, 6) is 0.0177. The highest BCUT2D eigenvalue weighted by Gasteiger charge is 2.39. The summed E-state index contributed by atoms with van der Waals surface area (Å²) in [6, 6.07) is 15.5. The molecule has 5 nitrogen and oxygen atoms in total. The molecule has 2 atom stereocenters. The summed E-state index contributed by atoms with van der Waals surface area (Å²) in [6.07, 6.45) is 6.80. The fraction of sp³-hybridized carbons (Fsp3) is 0.632. The molecule has 0 radical (unpaired) electrons. The van der Waals surface area contributed by atoms with E-state index in [4.69, 9.17) is 4.84 Å². The summed E-state index contributed by atoms with van der Waals surface area (Å²) >= 11 is 0. The van der Waals surface area contributed by atoms with Crippen molar-refractivity contribution in [2.75, 3.05) is 13.1 Å². The van der Waals surface area contributed by atoms with E-state index in [9.17, 15) is 9.90 Å². The van der Waals surface area contributed by atoms with Gasteiger partial charge < -0.3 is 9.94 Å². The molecule has 1 fully saturated rings. The highest BCUT2D eigenvalue weighted by atomic mass is 31.1. The van der Waals surface area contributed by atoms with Gasteiger partial charge in [-0.1, -0.05) is 130 Å². The van der Waals surface area contributed by atoms with E-state index in [0.29, 0.717) is 26.3 Å². The standard InChI is InChI=1S/C30H41N2O3P.C6H14.C2H6/c1-5-7-24-19-26(13-12-25(24)18-21(3)4)28-35-31-27(36-28)23-10-8-22(9-11-23)20-32-16-14-30(6-2,15-17-32)29(33)34;1-5-6(2,3)4;1-2/h8-13,19,21,28,36H,5-7,14-18,20H2,1-4H3,(H,33,34);5H2,1-4H3;1-2H3. The molecule has 4 rings (SSSR count). The third kappa shape index (κ3) is 11.3. The van der Waals surface area contributed by atoms with Crippen molar-refractivity contribution in [1.82, 2.24) is 4.90 Å². The first-order chi connectivity index (χ1) is 20.9. The zero-order valence-electron chi connectivity index (χ0n) is 29.4. The summed E-state index contributed by atoms with van der Waals surface area (Å²) < 4.78 is 0. The lowest BCUT2D eigenvalue weighted by molar-refractivity contribution is -0.152. The van der Waals surface area contributed by atoms with Gasteiger partial charge in [-0.3, -0.25) is 9.69 Å². The maximum atomic E-state index is 11.7. The first-order valence-electron chi connectivity index (χ1n) is 17.1. The smallest absolute Gasteiger partial charge is 0.309 e. The predicted octanol–water partition coefficient (Wildman–Crippen LogP) is 10.5. The van der Waals surface area contributed by atoms with Crippen molar-refractivity contribution in [3.05, 3.63) is 70.3 Å². The molecule has 44 heavy (non-hydrogen) atoms. The number of carboxylic acid groups (broad SMARTS) is 1. The average Bonchev–Trinajstić information content (AvgIpc) is 3.50. The minimum Gasteiger partial charge on any atom is -0.481 e. The topological polar surface area (TPSA) is 62.1 Å². The lowest BCUT2D eigenvalue weighted by Crippen LogP contribution is -2.43. The van der Waals surface area contributed by atoms with Gasteiger partial charge in [-0.25, -0.2) is 0 Å². The van der Waals surface area contributed by atoms with Crippen LogP contribution in [0, 0.1) is 16.7 Å². The van der Waals surface area contributed by atoms with Crippen LogP contribution in [0.1, 0.15) is 135 Å². The van der Waals surface area contributed by atoms with Gasteiger partial charge in [0.1, 0.15) is 5.45 Å². The van der Waals surface area contributed by atoms with Crippen LogP contribution >= 0.6 is 8.58 Å². The number of carboxylic acids is 1. The molecule has 2 aliphatic heterocycles. The van der Waals surface area contributed by atoms with E-state index >= 15 is 0 Å². The molecule has 2 aromatic rings. The molecule has 2 heterocycles. The lowest BCUT2D eigenvalue weighted by atomic mass is 9.76. The van der Waals surface area contributed by atoms with Crippen molar-refractivity contribution in [2.24, 2.45) is 21.9 Å². The van der Waals surface area contributed by atoms with Gasteiger partial charge >= 0.3 is 5.97 Å². The quantitative estimate of drug-likeness (QED) is 0.267. The minimum absolute atomic E-state index is 0.00444. The number of benzene rings is 2. The number of piperidine rings is 1. The molecule has 0 saturated carbocycles. The van der Waals surface area contributed by atoms with E-state index < -0.39 is 11.4 Å². The molecule has 6 heteroatoms. The van der Waals surface area contributed by atoms with Gasteiger partial charge in [0, 0.05) is 12.1 Å². The summed E-state index contributed by atoms with van der Waals surface area (Å²) in [6.45, 7) is 24.3. The number of likely N-dealkylation sites (tertiary alicyclic amines) is 1. The second kappa shape index (κ2) is 18.1. The van der Waals surface area contributed by atoms with E-state index in [0.717, 1.165) is 62.8 Å². The van der Waals surface area contributed by atoms with Crippen LogP contribution in [0.15, 0.2) is 47.6 Å². The van der Waals surface area contributed by atoms with Gasteiger partial charge in [-0.05, 0) is 87.4 Å². The Balaban J connectivity index is 0.000000755. The Bertz CT molecular complexity index is 1180. The van der Waals surface area contributed by atoms with Gasteiger partial charge in [0.25, 0.3) is 0 Å². The van der Waals surface area contributed by atoms with Crippen LogP contribution in [0.5, 0.6) is 0 Å². The number of hydrogen-bond donors (Lipinski definition) is 1. The maximum absolute atomic E-state index is 11.7. The maximum Gasteiger partial charge on any atom is 0.309 e. The Morgan fingerprint density at radius 2 is 1.66 bits per heavy atom. The third-order valence-electron chi connectivity index (χ3n) is 8.84. The van der Waals surface area contributed by atoms with Crippen molar-refractivity contribution in [1.29, 1.82) is 0 Å². The number of aryl methyl sites for hydroxylation is 1. The zero-order valence-corrected chi connectivity index (χ0v) is 30.4. The van der Waals surface area contributed by atoms with Gasteiger partial charge in [-0.2, -0.15) is 0 Å². The van der Waals surface area contributed by atoms with E-state index in [2.05, 4.69) is 101 Å². The number of oxime groups is 1. The largest absolute Gasteiger partial charge is 0.481 e. The summed E-state index contributed by atoms with van der Waals surface area (Å²) in [5, 5.41) is 14.1. The summed E-state index contributed by atoms with van der Waals surface area (Å²) in [7, 11) is 0.492. The van der Waals surface area contributed by atoms with E-state index in [-0.39, 0.29) is 5.85 Å². The molecule has 0 spiro atoms. The van der Waals surface area contributed by atoms with E-state index in [1.807, 2.05) is 20.8 Å². The molecule has 1 saturated heterocycles. The minimum atomic E-state index is -0.638. The van der Waals surface area contributed by atoms with Gasteiger partial charge in [0.05, 0.1) is 5.41 Å². The van der Waals surface area contributed by atoms with Crippen LogP contribution in [0.2, 0.25) is 0 Å². The predicted molar refractivity (Wildman–Crippen MR) is 190 cm³/mol. The van der Waals surface area contributed by atoms with E-state index in [1.54, 1.807) is 0 Å². The van der Waals surface area contributed by atoms with Crippen LogP contribution in [-0.2, 0) is 29.0 Å². The number of carbonyl (C=O) groups is 1. The van der Waals surface area contributed by atoms with Gasteiger partial charge in [-0.15, -0.1) is 0 Å². The van der Waals surface area contributed by atoms with Crippen molar-refractivity contribution < 1.29 is 14.7 Å². The second-order valence-corrected chi connectivity index (χ2v) is 15.1. The van der Waals surface area contributed by atoms with Crippen LogP contribution < -0.4 is 0 Å². The Morgan fingerprint density at radius 1 is 1.05 bits per heavy atom. The molecule has 2 unspecified atom stereocenters. The molecule has 2 aliphatic rings. The fourth-order valence-corrected chi connectivity index (χ4v) is 6.54. The number of aliphatic carboxylic acids is 1.